The number of benzene rings is 1. The Balaban J connectivity index is 1.86. The van der Waals surface area contributed by atoms with Crippen LogP contribution in [-0.2, 0) is 16.1 Å². The fourth-order valence-electron chi connectivity index (χ4n) is 2.04. The van der Waals surface area contributed by atoms with Crippen LogP contribution >= 0.6 is 22.6 Å². The van der Waals surface area contributed by atoms with Crippen molar-refractivity contribution in [3.8, 4) is 0 Å². The maximum absolute atomic E-state index is 11.8. The molecule has 0 aromatic heterocycles. The molecule has 4 heteroatoms. The van der Waals surface area contributed by atoms with Crippen LogP contribution in [0.25, 0.3) is 0 Å². The molecule has 17 heavy (non-hydrogen) atoms. The second kappa shape index (κ2) is 5.82. The highest BCUT2D eigenvalue weighted by atomic mass is 127. The monoisotopic (exact) mass is 346 g/mol. The standard InChI is InChI=1S/C13H15IO3/c14-12-7-10(15)6-11(12)13(16)17-8-9-4-2-1-3-5-9/h1-5,10-12,15H,6-8H2/t10-,11-,12-/m1/s1. The fraction of sp³-hybridized carbons (Fsp3) is 0.462. The molecule has 0 amide bonds. The average molecular weight is 346 g/mol. The number of halogens is 1. The molecule has 1 aliphatic carbocycles. The molecule has 1 N–H and O–H groups in total. The van der Waals surface area contributed by atoms with Gasteiger partial charge in [0.2, 0.25) is 0 Å². The van der Waals surface area contributed by atoms with Crippen molar-refractivity contribution in [2.24, 2.45) is 5.92 Å². The molecule has 0 aliphatic heterocycles. The van der Waals surface area contributed by atoms with E-state index in [4.69, 9.17) is 4.74 Å². The summed E-state index contributed by atoms with van der Waals surface area (Å²) in [5.41, 5.74) is 0.990. The van der Waals surface area contributed by atoms with E-state index in [0.29, 0.717) is 19.4 Å². The molecule has 2 rings (SSSR count). The molecule has 1 aromatic rings. The Bertz CT molecular complexity index is 380. The van der Waals surface area contributed by atoms with Gasteiger partial charge in [0, 0.05) is 3.92 Å². The first-order chi connectivity index (χ1) is 8.16. The van der Waals surface area contributed by atoms with Crippen LogP contribution in [0, 0.1) is 5.92 Å². The lowest BCUT2D eigenvalue weighted by Crippen LogP contribution is -2.21. The van der Waals surface area contributed by atoms with E-state index in [9.17, 15) is 9.90 Å². The van der Waals surface area contributed by atoms with Gasteiger partial charge < -0.3 is 9.84 Å². The van der Waals surface area contributed by atoms with Gasteiger partial charge in [-0.3, -0.25) is 4.79 Å². The van der Waals surface area contributed by atoms with Crippen molar-refractivity contribution in [2.75, 3.05) is 0 Å². The van der Waals surface area contributed by atoms with Gasteiger partial charge in [-0.15, -0.1) is 0 Å². The molecular weight excluding hydrogens is 331 g/mol. The molecule has 0 saturated heterocycles. The number of aliphatic hydroxyl groups excluding tert-OH is 1. The van der Waals surface area contributed by atoms with E-state index in [0.717, 1.165) is 5.56 Å². The highest BCUT2D eigenvalue weighted by Crippen LogP contribution is 2.33. The van der Waals surface area contributed by atoms with Crippen LogP contribution in [0.5, 0.6) is 0 Å². The number of hydrogen-bond donors (Lipinski definition) is 1. The molecule has 1 fully saturated rings. The molecule has 92 valence electrons. The molecule has 0 spiro atoms. The van der Waals surface area contributed by atoms with Crippen LogP contribution in [-0.4, -0.2) is 21.1 Å². The smallest absolute Gasteiger partial charge is 0.310 e. The molecule has 1 saturated carbocycles. The van der Waals surface area contributed by atoms with Crippen LogP contribution in [0.4, 0.5) is 0 Å². The van der Waals surface area contributed by atoms with E-state index >= 15 is 0 Å². The van der Waals surface area contributed by atoms with Crippen molar-refractivity contribution in [3.63, 3.8) is 0 Å². The topological polar surface area (TPSA) is 46.5 Å². The Labute approximate surface area is 114 Å². The first kappa shape index (κ1) is 12.8. The number of carbonyl (C=O) groups is 1. The SMILES string of the molecule is O=C(OCc1ccccc1)[C@@H]1C[C@@H](O)C[C@H]1I. The molecule has 1 aromatic carbocycles. The molecule has 1 aliphatic rings. The molecule has 3 nitrogen and oxygen atoms in total. The summed E-state index contributed by atoms with van der Waals surface area (Å²) in [5, 5.41) is 9.49. The van der Waals surface area contributed by atoms with Crippen molar-refractivity contribution < 1.29 is 14.6 Å². The minimum atomic E-state index is -0.355. The summed E-state index contributed by atoms with van der Waals surface area (Å²) >= 11 is 2.22. The Hall–Kier alpha value is -0.620. The molecule has 0 heterocycles. The lowest BCUT2D eigenvalue weighted by atomic mass is 10.1. The maximum atomic E-state index is 11.8. The van der Waals surface area contributed by atoms with Gasteiger partial charge >= 0.3 is 5.97 Å². The summed E-state index contributed by atoms with van der Waals surface area (Å²) in [6.07, 6.45) is 0.860. The van der Waals surface area contributed by atoms with Crippen LogP contribution in [0.1, 0.15) is 18.4 Å². The van der Waals surface area contributed by atoms with Gasteiger partial charge in [0.25, 0.3) is 0 Å². The van der Waals surface area contributed by atoms with E-state index in [1.807, 2.05) is 30.3 Å². The average Bonchev–Trinajstić information content (AvgIpc) is 2.67. The third-order valence-electron chi connectivity index (χ3n) is 2.99. The Morgan fingerprint density at radius 2 is 2.06 bits per heavy atom. The number of carbonyl (C=O) groups excluding carboxylic acids is 1. The Morgan fingerprint density at radius 3 is 2.65 bits per heavy atom. The summed E-state index contributed by atoms with van der Waals surface area (Å²) < 4.78 is 5.46. The van der Waals surface area contributed by atoms with Crippen LogP contribution in [0.2, 0.25) is 0 Å². The summed E-state index contributed by atoms with van der Waals surface area (Å²) in [7, 11) is 0. The zero-order valence-corrected chi connectivity index (χ0v) is 11.5. The van der Waals surface area contributed by atoms with E-state index < -0.39 is 0 Å². The highest BCUT2D eigenvalue weighted by Gasteiger charge is 2.37. The quantitative estimate of drug-likeness (QED) is 0.519. The number of ether oxygens (including phenoxy) is 1. The van der Waals surface area contributed by atoms with Gasteiger partial charge in [-0.1, -0.05) is 52.9 Å². The lowest BCUT2D eigenvalue weighted by Gasteiger charge is -2.12. The largest absolute Gasteiger partial charge is 0.461 e. The van der Waals surface area contributed by atoms with Crippen molar-refractivity contribution in [1.82, 2.24) is 0 Å². The van der Waals surface area contributed by atoms with Crippen LogP contribution in [0.3, 0.4) is 0 Å². The van der Waals surface area contributed by atoms with Gasteiger partial charge in [0.15, 0.2) is 0 Å². The summed E-state index contributed by atoms with van der Waals surface area (Å²) in [6.45, 7) is 0.315. The van der Waals surface area contributed by atoms with Crippen LogP contribution in [0.15, 0.2) is 30.3 Å². The highest BCUT2D eigenvalue weighted by molar-refractivity contribution is 14.1. The zero-order valence-electron chi connectivity index (χ0n) is 9.38. The molecule has 0 bridgehead atoms. The minimum Gasteiger partial charge on any atom is -0.461 e. The van der Waals surface area contributed by atoms with Crippen molar-refractivity contribution >= 4 is 28.6 Å². The first-order valence-electron chi connectivity index (χ1n) is 5.69. The van der Waals surface area contributed by atoms with Crippen molar-refractivity contribution in [1.29, 1.82) is 0 Å². The number of aliphatic hydroxyl groups is 1. The minimum absolute atomic E-state index is 0.158. The summed E-state index contributed by atoms with van der Waals surface area (Å²) in [6, 6.07) is 9.63. The van der Waals surface area contributed by atoms with Gasteiger partial charge in [0.05, 0.1) is 12.0 Å². The Kier molecular flexibility index (Phi) is 4.39. The number of hydrogen-bond acceptors (Lipinski definition) is 3. The molecule has 0 unspecified atom stereocenters. The molecule has 3 atom stereocenters. The normalized spacial score (nSPS) is 28.0. The second-order valence-electron chi connectivity index (χ2n) is 4.34. The van der Waals surface area contributed by atoms with E-state index in [1.165, 1.54) is 0 Å². The third-order valence-corrected chi connectivity index (χ3v) is 4.36. The van der Waals surface area contributed by atoms with Gasteiger partial charge in [0.1, 0.15) is 6.61 Å². The van der Waals surface area contributed by atoms with Gasteiger partial charge in [-0.25, -0.2) is 0 Å². The molecule has 0 radical (unpaired) electrons. The predicted molar refractivity (Wildman–Crippen MR) is 72.8 cm³/mol. The van der Waals surface area contributed by atoms with Crippen molar-refractivity contribution in [2.45, 2.75) is 29.5 Å². The summed E-state index contributed by atoms with van der Waals surface area (Å²) in [5.74, 6) is -0.348. The third kappa shape index (κ3) is 3.42. The zero-order chi connectivity index (χ0) is 12.3. The van der Waals surface area contributed by atoms with Gasteiger partial charge in [-0.2, -0.15) is 0 Å². The van der Waals surface area contributed by atoms with E-state index in [2.05, 4.69) is 22.6 Å². The number of rotatable bonds is 3. The molecular formula is C13H15IO3. The maximum Gasteiger partial charge on any atom is 0.310 e. The van der Waals surface area contributed by atoms with Crippen molar-refractivity contribution in [3.05, 3.63) is 35.9 Å². The van der Waals surface area contributed by atoms with Gasteiger partial charge in [-0.05, 0) is 18.4 Å². The van der Waals surface area contributed by atoms with E-state index in [1.54, 1.807) is 0 Å². The number of alkyl halides is 1. The fourth-order valence-corrected chi connectivity index (χ4v) is 3.22. The van der Waals surface area contributed by atoms with Crippen LogP contribution < -0.4 is 0 Å². The predicted octanol–water partition coefficient (Wildman–Crippen LogP) is 2.30. The number of esters is 1. The van der Waals surface area contributed by atoms with E-state index in [-0.39, 0.29) is 21.9 Å². The first-order valence-corrected chi connectivity index (χ1v) is 6.94. The summed E-state index contributed by atoms with van der Waals surface area (Å²) in [4.78, 5) is 11.8. The second-order valence-corrected chi connectivity index (χ2v) is 5.94. The Morgan fingerprint density at radius 1 is 1.35 bits per heavy atom. The lowest BCUT2D eigenvalue weighted by molar-refractivity contribution is -0.149.